The minimum Gasteiger partial charge on any atom is -0.463 e. The van der Waals surface area contributed by atoms with Crippen molar-refractivity contribution in [1.82, 2.24) is 0 Å². The number of halogens is 1. The Hall–Kier alpha value is -4.33. The Kier molecular flexibility index (Phi) is 15.1. The molecule has 0 N–H and O–H groups in total. The van der Waals surface area contributed by atoms with Crippen LogP contribution >= 0.6 is 11.8 Å². The van der Waals surface area contributed by atoms with Gasteiger partial charge in [-0.25, -0.2) is 4.39 Å². The zero-order chi connectivity index (χ0) is 38.0. The van der Waals surface area contributed by atoms with Gasteiger partial charge in [-0.15, -0.1) is 0 Å². The highest BCUT2D eigenvalue weighted by Crippen LogP contribution is 2.39. The average molecular weight is 747 g/mol. The molecule has 2 aliphatic heterocycles. The molecule has 0 aromatic heterocycles. The first-order valence-electron chi connectivity index (χ1n) is 15.5. The molecule has 1 aromatic rings. The predicted octanol–water partition coefficient (Wildman–Crippen LogP) is 1.54. The highest BCUT2D eigenvalue weighted by molar-refractivity contribution is 7.99. The predicted molar refractivity (Wildman–Crippen MR) is 165 cm³/mol. The Morgan fingerprint density at radius 1 is 0.549 bits per heavy atom. The number of esters is 7. The van der Waals surface area contributed by atoms with Gasteiger partial charge in [-0.05, 0) is 24.3 Å². The maximum Gasteiger partial charge on any atom is 0.303 e. The molecule has 2 aliphatic rings. The normalized spacial score (nSPS) is 28.7. The van der Waals surface area contributed by atoms with Crippen LogP contribution in [-0.2, 0) is 80.9 Å². The summed E-state index contributed by atoms with van der Waals surface area (Å²) in [6.07, 6.45) is -13.9. The third kappa shape index (κ3) is 12.4. The Labute approximate surface area is 295 Å². The van der Waals surface area contributed by atoms with Crippen LogP contribution in [0.4, 0.5) is 4.39 Å². The Morgan fingerprint density at radius 2 is 0.961 bits per heavy atom. The molecule has 2 heterocycles. The molecular formula is C32H39FO17S. The van der Waals surface area contributed by atoms with Crippen LogP contribution in [0.2, 0.25) is 0 Å². The lowest BCUT2D eigenvalue weighted by molar-refractivity contribution is -0.341. The molecule has 2 fully saturated rings. The molecule has 10 atom stereocenters. The summed E-state index contributed by atoms with van der Waals surface area (Å²) in [6, 6.07) is 5.22. The third-order valence-corrected chi connectivity index (χ3v) is 8.11. The Balaban J connectivity index is 2.16. The fourth-order valence-electron chi connectivity index (χ4n) is 5.21. The van der Waals surface area contributed by atoms with Crippen LogP contribution in [0, 0.1) is 5.82 Å². The van der Waals surface area contributed by atoms with Crippen molar-refractivity contribution in [1.29, 1.82) is 0 Å². The van der Waals surface area contributed by atoms with Crippen LogP contribution in [0.3, 0.4) is 0 Å². The maximum atomic E-state index is 13.7. The molecule has 2 saturated heterocycles. The fraction of sp³-hybridized carbons (Fsp3) is 0.594. The van der Waals surface area contributed by atoms with Crippen molar-refractivity contribution in [2.24, 2.45) is 0 Å². The summed E-state index contributed by atoms with van der Waals surface area (Å²) in [5.74, 6) is -6.39. The molecule has 0 bridgehead atoms. The summed E-state index contributed by atoms with van der Waals surface area (Å²) in [6.45, 7) is 6.37. The monoisotopic (exact) mass is 746 g/mol. The van der Waals surface area contributed by atoms with E-state index < -0.39 is 121 Å². The molecule has 0 aliphatic carbocycles. The van der Waals surface area contributed by atoms with Gasteiger partial charge >= 0.3 is 41.8 Å². The van der Waals surface area contributed by atoms with Crippen LogP contribution in [0.5, 0.6) is 0 Å². The molecule has 0 unspecified atom stereocenters. The largest absolute Gasteiger partial charge is 0.463 e. The maximum absolute atomic E-state index is 13.7. The Morgan fingerprint density at radius 3 is 1.43 bits per heavy atom. The van der Waals surface area contributed by atoms with E-state index in [-0.39, 0.29) is 0 Å². The minimum absolute atomic E-state index is 0.449. The summed E-state index contributed by atoms with van der Waals surface area (Å²) in [4.78, 5) is 85.9. The van der Waals surface area contributed by atoms with E-state index in [1.165, 1.54) is 24.3 Å². The summed E-state index contributed by atoms with van der Waals surface area (Å²) in [5.41, 5.74) is -1.18. The van der Waals surface area contributed by atoms with E-state index in [1.54, 1.807) is 0 Å². The molecule has 0 amide bonds. The topological polar surface area (TPSA) is 212 Å². The molecule has 282 valence electrons. The van der Waals surface area contributed by atoms with Crippen LogP contribution in [0.1, 0.15) is 48.5 Å². The molecule has 1 aromatic carbocycles. The molecule has 0 radical (unpaired) electrons. The second-order valence-electron chi connectivity index (χ2n) is 11.2. The average Bonchev–Trinajstić information content (AvgIpc) is 3.00. The lowest BCUT2D eigenvalue weighted by atomic mass is 9.96. The number of hydrogen-bond donors (Lipinski definition) is 0. The summed E-state index contributed by atoms with van der Waals surface area (Å²) >= 11 is 0.964. The van der Waals surface area contributed by atoms with E-state index >= 15 is 0 Å². The first kappa shape index (κ1) is 41.1. The third-order valence-electron chi connectivity index (χ3n) is 6.95. The van der Waals surface area contributed by atoms with Gasteiger partial charge in [0.1, 0.15) is 42.8 Å². The van der Waals surface area contributed by atoms with Gasteiger partial charge < -0.3 is 47.4 Å². The highest BCUT2D eigenvalue weighted by atomic mass is 32.2. The molecule has 0 spiro atoms. The quantitative estimate of drug-likeness (QED) is 0.207. The Bertz CT molecular complexity index is 1440. The summed E-state index contributed by atoms with van der Waals surface area (Å²) in [5, 5.41) is 0. The van der Waals surface area contributed by atoms with Gasteiger partial charge in [-0.2, -0.15) is 0 Å². The lowest BCUT2D eigenvalue weighted by Crippen LogP contribution is -2.66. The van der Waals surface area contributed by atoms with Crippen molar-refractivity contribution in [3.8, 4) is 0 Å². The van der Waals surface area contributed by atoms with Crippen LogP contribution < -0.4 is 0 Å². The number of rotatable bonds is 13. The van der Waals surface area contributed by atoms with E-state index in [0.717, 1.165) is 60.2 Å². The van der Waals surface area contributed by atoms with Gasteiger partial charge in [0.25, 0.3) is 0 Å². The number of benzene rings is 1. The van der Waals surface area contributed by atoms with Crippen molar-refractivity contribution in [3.63, 3.8) is 0 Å². The van der Waals surface area contributed by atoms with Gasteiger partial charge in [-0.1, -0.05) is 11.8 Å². The van der Waals surface area contributed by atoms with E-state index in [0.29, 0.717) is 4.90 Å². The van der Waals surface area contributed by atoms with E-state index in [4.69, 9.17) is 47.4 Å². The zero-order valence-corrected chi connectivity index (χ0v) is 29.5. The number of thioether (sulfide) groups is 1. The second kappa shape index (κ2) is 18.8. The summed E-state index contributed by atoms with van der Waals surface area (Å²) < 4.78 is 70.2. The second-order valence-corrected chi connectivity index (χ2v) is 12.4. The van der Waals surface area contributed by atoms with Crippen molar-refractivity contribution in [2.45, 2.75) is 114 Å². The lowest BCUT2D eigenvalue weighted by Gasteiger charge is -2.48. The van der Waals surface area contributed by atoms with Gasteiger partial charge in [0.15, 0.2) is 36.8 Å². The first-order valence-corrected chi connectivity index (χ1v) is 16.3. The minimum atomic E-state index is -1.80. The van der Waals surface area contributed by atoms with Gasteiger partial charge in [0.2, 0.25) is 0 Å². The number of ether oxygens (including phenoxy) is 10. The SMILES string of the molecule is CC(=O)OC[C@H]1O[C@@H](O[C@H]2[C@H](OC(C)=O)[C@@H](OC(C)=O)[C@H](Sc3ccc(F)cc3)O[C@@H]2COC(C)=O)[C@H](OC(C)=O)[C@@H](OC(C)=O)[C@H]1OC(C)=O. The molecule has 19 heteroatoms. The number of hydrogen-bond acceptors (Lipinski definition) is 18. The standard InChI is InChI=1S/C32H39FO17S/c1-14(34)41-12-23-25(43-16(3)36)27(44-17(4)37)29(46-19(6)39)31(48-23)50-26-24(13-42-15(2)35)49-32(51-22-10-8-21(33)9-11-22)30(47-20(7)40)28(26)45-18(5)38/h8-11,23-32H,12-13H2,1-7H3/t23-,24-,25+,26-,27+,28+,29-,30-,31+,32+/m1/s1. The number of carbonyl (C=O) groups excluding carboxylic acids is 7. The van der Waals surface area contributed by atoms with Crippen LogP contribution in [-0.4, -0.2) is 116 Å². The molecule has 3 rings (SSSR count). The van der Waals surface area contributed by atoms with Crippen molar-refractivity contribution in [2.75, 3.05) is 13.2 Å². The van der Waals surface area contributed by atoms with Crippen molar-refractivity contribution in [3.05, 3.63) is 30.1 Å². The fourth-order valence-corrected chi connectivity index (χ4v) is 6.32. The zero-order valence-electron chi connectivity index (χ0n) is 28.7. The van der Waals surface area contributed by atoms with E-state index in [9.17, 15) is 38.0 Å². The van der Waals surface area contributed by atoms with Gasteiger partial charge in [0.05, 0.1) is 0 Å². The molecule has 51 heavy (non-hydrogen) atoms. The van der Waals surface area contributed by atoms with Crippen LogP contribution in [0.25, 0.3) is 0 Å². The van der Waals surface area contributed by atoms with E-state index in [2.05, 4.69) is 0 Å². The summed E-state index contributed by atoms with van der Waals surface area (Å²) in [7, 11) is 0. The smallest absolute Gasteiger partial charge is 0.303 e. The highest BCUT2D eigenvalue weighted by Gasteiger charge is 2.57. The van der Waals surface area contributed by atoms with Gasteiger partial charge in [-0.3, -0.25) is 33.6 Å². The molecule has 17 nitrogen and oxygen atoms in total. The molecule has 0 saturated carbocycles. The molecular weight excluding hydrogens is 707 g/mol. The number of carbonyl (C=O) groups is 7. The van der Waals surface area contributed by atoms with Crippen molar-refractivity contribution >= 4 is 53.5 Å². The van der Waals surface area contributed by atoms with E-state index in [1.807, 2.05) is 0 Å². The first-order chi connectivity index (χ1) is 23.9. The van der Waals surface area contributed by atoms with Crippen LogP contribution in [0.15, 0.2) is 29.2 Å². The van der Waals surface area contributed by atoms with Crippen molar-refractivity contribution < 1.29 is 85.3 Å². The van der Waals surface area contributed by atoms with Gasteiger partial charge in [0, 0.05) is 53.4 Å².